The predicted molar refractivity (Wildman–Crippen MR) is 96.6 cm³/mol. The minimum atomic E-state index is -0.0656. The molecular weight excluding hydrogens is 314 g/mol. The van der Waals surface area contributed by atoms with E-state index in [2.05, 4.69) is 9.88 Å². The Morgan fingerprint density at radius 3 is 3.08 bits per heavy atom. The van der Waals surface area contributed by atoms with Gasteiger partial charge in [-0.25, -0.2) is 4.98 Å². The molecule has 2 aromatic heterocycles. The number of benzene rings is 1. The van der Waals surface area contributed by atoms with Crippen LogP contribution in [0.15, 0.2) is 41.0 Å². The van der Waals surface area contributed by atoms with Crippen LogP contribution >= 0.6 is 0 Å². The van der Waals surface area contributed by atoms with Gasteiger partial charge in [-0.15, -0.1) is 0 Å². The van der Waals surface area contributed by atoms with Gasteiger partial charge in [0.2, 0.25) is 0 Å². The summed E-state index contributed by atoms with van der Waals surface area (Å²) in [5, 5.41) is 3.04. The molecule has 3 aromatic rings. The average Bonchev–Trinajstić information content (AvgIpc) is 3.15. The third kappa shape index (κ3) is 3.31. The molecule has 0 bridgehead atoms. The number of nitrogens with zero attached hydrogens (tertiary/aromatic N) is 2. The average molecular weight is 337 g/mol. The monoisotopic (exact) mass is 337 g/mol. The molecule has 0 radical (unpaired) electrons. The molecule has 0 saturated carbocycles. The summed E-state index contributed by atoms with van der Waals surface area (Å²) < 4.78 is 7.65. The van der Waals surface area contributed by atoms with Crippen molar-refractivity contribution in [3.8, 4) is 0 Å². The van der Waals surface area contributed by atoms with Gasteiger partial charge in [0.1, 0.15) is 11.6 Å². The van der Waals surface area contributed by atoms with Crippen molar-refractivity contribution < 1.29 is 9.21 Å². The van der Waals surface area contributed by atoms with Crippen LogP contribution in [0.1, 0.15) is 48.1 Å². The Balaban J connectivity index is 1.52. The summed E-state index contributed by atoms with van der Waals surface area (Å²) in [5.41, 5.74) is 2.72. The second-order valence-electron chi connectivity index (χ2n) is 6.85. The Morgan fingerprint density at radius 2 is 2.24 bits per heavy atom. The third-order valence-corrected chi connectivity index (χ3v) is 4.84. The molecule has 0 spiro atoms. The highest BCUT2D eigenvalue weighted by molar-refractivity contribution is 5.97. The normalized spacial score (nSPS) is 15.6. The number of nitrogens with one attached hydrogen (secondary N) is 1. The Labute approximate surface area is 147 Å². The van der Waals surface area contributed by atoms with Gasteiger partial charge in [-0.3, -0.25) is 4.79 Å². The Kier molecular flexibility index (Phi) is 4.30. The highest BCUT2D eigenvalue weighted by Crippen LogP contribution is 2.23. The highest BCUT2D eigenvalue weighted by Gasteiger charge is 2.16. The maximum absolute atomic E-state index is 12.5. The lowest BCUT2D eigenvalue weighted by Crippen LogP contribution is -2.33. The van der Waals surface area contributed by atoms with E-state index in [1.54, 1.807) is 6.26 Å². The minimum absolute atomic E-state index is 0.00746. The summed E-state index contributed by atoms with van der Waals surface area (Å²) in [5.74, 6) is 1.96. The molecule has 0 saturated heterocycles. The van der Waals surface area contributed by atoms with E-state index >= 15 is 0 Å². The van der Waals surface area contributed by atoms with E-state index in [1.165, 1.54) is 19.3 Å². The molecule has 0 aliphatic carbocycles. The van der Waals surface area contributed by atoms with E-state index in [-0.39, 0.29) is 11.9 Å². The lowest BCUT2D eigenvalue weighted by molar-refractivity contribution is 0.0939. The molecule has 25 heavy (non-hydrogen) atoms. The number of carbonyl (C=O) groups is 1. The standard InChI is InChI=1S/C20H23N3O2/c1-14(12-16-6-5-11-25-16)21-20(24)15-8-9-18-17(13-15)22-19-7-3-2-4-10-23(18)19/h5-6,8-9,11,13-14H,2-4,7,10,12H2,1H3,(H,21,24)/t14-/m0/s1. The van der Waals surface area contributed by atoms with Crippen molar-refractivity contribution in [1.82, 2.24) is 14.9 Å². The number of imidazole rings is 1. The summed E-state index contributed by atoms with van der Waals surface area (Å²) in [6.45, 7) is 3.01. The van der Waals surface area contributed by atoms with Crippen molar-refractivity contribution in [3.63, 3.8) is 0 Å². The fourth-order valence-electron chi connectivity index (χ4n) is 3.58. The van der Waals surface area contributed by atoms with Crippen LogP contribution in [-0.2, 0) is 19.4 Å². The number of rotatable bonds is 4. The molecule has 1 N–H and O–H groups in total. The lowest BCUT2D eigenvalue weighted by Gasteiger charge is -2.12. The number of fused-ring (bicyclic) bond motifs is 3. The zero-order valence-corrected chi connectivity index (χ0v) is 14.5. The van der Waals surface area contributed by atoms with Gasteiger partial charge in [-0.05, 0) is 50.1 Å². The van der Waals surface area contributed by atoms with Crippen LogP contribution in [0, 0.1) is 0 Å². The van der Waals surface area contributed by atoms with E-state index in [1.807, 2.05) is 37.3 Å². The SMILES string of the molecule is C[C@@H](Cc1ccco1)NC(=O)c1ccc2c(c1)nc1n2CCCCC1. The summed E-state index contributed by atoms with van der Waals surface area (Å²) >= 11 is 0. The maximum atomic E-state index is 12.5. The van der Waals surface area contributed by atoms with Crippen molar-refractivity contribution >= 4 is 16.9 Å². The van der Waals surface area contributed by atoms with Crippen LogP contribution < -0.4 is 5.32 Å². The van der Waals surface area contributed by atoms with Gasteiger partial charge in [0.25, 0.3) is 5.91 Å². The smallest absolute Gasteiger partial charge is 0.251 e. The Bertz CT molecular complexity index is 880. The molecule has 1 aliphatic heterocycles. The Morgan fingerprint density at radius 1 is 1.32 bits per heavy atom. The first-order valence-corrected chi connectivity index (χ1v) is 9.03. The maximum Gasteiger partial charge on any atom is 0.251 e. The number of aromatic nitrogens is 2. The minimum Gasteiger partial charge on any atom is -0.469 e. The number of carbonyl (C=O) groups excluding carboxylic acids is 1. The van der Waals surface area contributed by atoms with Crippen molar-refractivity contribution in [2.45, 2.75) is 51.6 Å². The van der Waals surface area contributed by atoms with Crippen LogP contribution in [0.25, 0.3) is 11.0 Å². The second kappa shape index (κ2) is 6.75. The van der Waals surface area contributed by atoms with Crippen LogP contribution in [-0.4, -0.2) is 21.5 Å². The van der Waals surface area contributed by atoms with E-state index < -0.39 is 0 Å². The highest BCUT2D eigenvalue weighted by atomic mass is 16.3. The largest absolute Gasteiger partial charge is 0.469 e. The van der Waals surface area contributed by atoms with Crippen molar-refractivity contribution in [2.24, 2.45) is 0 Å². The van der Waals surface area contributed by atoms with Crippen molar-refractivity contribution in [2.75, 3.05) is 0 Å². The molecule has 1 aromatic carbocycles. The van der Waals surface area contributed by atoms with E-state index in [9.17, 15) is 4.79 Å². The van der Waals surface area contributed by atoms with Crippen molar-refractivity contribution in [3.05, 3.63) is 53.7 Å². The van der Waals surface area contributed by atoms with E-state index in [4.69, 9.17) is 9.40 Å². The Hall–Kier alpha value is -2.56. The third-order valence-electron chi connectivity index (χ3n) is 4.84. The first-order valence-electron chi connectivity index (χ1n) is 9.03. The van der Waals surface area contributed by atoms with Crippen molar-refractivity contribution in [1.29, 1.82) is 0 Å². The number of aryl methyl sites for hydroxylation is 2. The summed E-state index contributed by atoms with van der Waals surface area (Å²) in [4.78, 5) is 17.3. The number of amides is 1. The molecule has 5 nitrogen and oxygen atoms in total. The van der Waals surface area contributed by atoms with Gasteiger partial charge in [-0.1, -0.05) is 6.42 Å². The zero-order valence-electron chi connectivity index (χ0n) is 14.5. The summed E-state index contributed by atoms with van der Waals surface area (Å²) in [7, 11) is 0. The van der Waals surface area contributed by atoms with Crippen LogP contribution in [0.5, 0.6) is 0 Å². The van der Waals surface area contributed by atoms with Gasteiger partial charge >= 0.3 is 0 Å². The van der Waals surface area contributed by atoms with Crippen LogP contribution in [0.4, 0.5) is 0 Å². The molecule has 1 aliphatic rings. The fourth-order valence-corrected chi connectivity index (χ4v) is 3.58. The van der Waals surface area contributed by atoms with Gasteiger partial charge in [0.05, 0.1) is 17.3 Å². The topological polar surface area (TPSA) is 60.1 Å². The summed E-state index contributed by atoms with van der Waals surface area (Å²) in [6, 6.07) is 9.63. The van der Waals surface area contributed by atoms with Crippen LogP contribution in [0.3, 0.4) is 0 Å². The molecule has 0 unspecified atom stereocenters. The fraction of sp³-hybridized carbons (Fsp3) is 0.400. The van der Waals surface area contributed by atoms with Gasteiger partial charge in [-0.2, -0.15) is 0 Å². The van der Waals surface area contributed by atoms with Gasteiger partial charge in [0.15, 0.2) is 0 Å². The molecule has 3 heterocycles. The first-order chi connectivity index (χ1) is 12.2. The molecule has 1 atom stereocenters. The van der Waals surface area contributed by atoms with E-state index in [0.29, 0.717) is 12.0 Å². The van der Waals surface area contributed by atoms with Crippen LogP contribution in [0.2, 0.25) is 0 Å². The van der Waals surface area contributed by atoms with Gasteiger partial charge < -0.3 is 14.3 Å². The predicted octanol–water partition coefficient (Wildman–Crippen LogP) is 3.72. The van der Waals surface area contributed by atoms with Gasteiger partial charge in [0, 0.05) is 31.0 Å². The summed E-state index contributed by atoms with van der Waals surface area (Å²) in [6.07, 6.45) is 7.02. The number of hydrogen-bond donors (Lipinski definition) is 1. The molecule has 5 heteroatoms. The first kappa shape index (κ1) is 15.9. The van der Waals surface area contributed by atoms with E-state index in [0.717, 1.165) is 35.6 Å². The molecule has 0 fully saturated rings. The second-order valence-corrected chi connectivity index (χ2v) is 6.85. The molecule has 4 rings (SSSR count). The molecule has 130 valence electrons. The lowest BCUT2D eigenvalue weighted by atomic mass is 10.1. The quantitative estimate of drug-likeness (QED) is 0.789. The molecular formula is C20H23N3O2. The number of hydrogen-bond acceptors (Lipinski definition) is 3. The molecule has 1 amide bonds. The number of furan rings is 1. The zero-order chi connectivity index (χ0) is 17.2.